The van der Waals surface area contributed by atoms with Crippen LogP contribution in [-0.4, -0.2) is 125 Å². The van der Waals surface area contributed by atoms with Crippen molar-refractivity contribution in [3.8, 4) is 11.5 Å². The minimum absolute atomic E-state index is 0.0675. The summed E-state index contributed by atoms with van der Waals surface area (Å²) in [5, 5.41) is 23.6. The number of aliphatic hydroxyl groups excluding tert-OH is 1. The number of hydrogen-bond donors (Lipinski definition) is 2. The highest BCUT2D eigenvalue weighted by molar-refractivity contribution is 5.63. The van der Waals surface area contributed by atoms with Gasteiger partial charge >= 0.3 is 0 Å². The number of aliphatic hydroxyl groups is 2. The fraction of sp³-hybridized carbons (Fsp3) is 0.812. The zero-order valence-electron chi connectivity index (χ0n) is 25.1. The second-order valence-electron chi connectivity index (χ2n) is 12.5. The Kier molecular flexibility index (Phi) is 9.92. The highest BCUT2D eigenvalue weighted by Gasteiger charge is 2.72. The molecule has 3 fully saturated rings. The van der Waals surface area contributed by atoms with E-state index in [1.807, 2.05) is 6.07 Å². The van der Waals surface area contributed by atoms with Crippen LogP contribution in [0.1, 0.15) is 49.7 Å². The van der Waals surface area contributed by atoms with Crippen molar-refractivity contribution in [1.29, 1.82) is 0 Å². The van der Waals surface area contributed by atoms with Crippen LogP contribution in [0, 0.1) is 5.92 Å². The second-order valence-corrected chi connectivity index (χ2v) is 12.5. The molecule has 10 nitrogen and oxygen atoms in total. The molecule has 5 aliphatic rings. The van der Waals surface area contributed by atoms with Gasteiger partial charge in [0.1, 0.15) is 12.7 Å². The highest BCUT2D eigenvalue weighted by Crippen LogP contribution is 2.65. The van der Waals surface area contributed by atoms with E-state index < -0.39 is 23.2 Å². The molecule has 5 atom stereocenters. The van der Waals surface area contributed by atoms with Crippen molar-refractivity contribution in [2.45, 2.75) is 74.2 Å². The molecular formula is C32H49NO9. The van der Waals surface area contributed by atoms with Gasteiger partial charge in [-0.1, -0.05) is 12.5 Å². The molecule has 1 unspecified atom stereocenters. The largest absolute Gasteiger partial charge is 0.487 e. The van der Waals surface area contributed by atoms with Gasteiger partial charge in [-0.2, -0.15) is 0 Å². The molecule has 1 spiro atoms. The molecule has 0 amide bonds. The average molecular weight is 592 g/mol. The van der Waals surface area contributed by atoms with Crippen LogP contribution in [0.3, 0.4) is 0 Å². The lowest BCUT2D eigenvalue weighted by atomic mass is 9.48. The molecule has 1 saturated heterocycles. The SMILES string of the molecule is COCCOCCOCCOCCOCCOc1ccc2c3c1O[C@H]1[C@@H](O)CC[C@@]4(O)C(C2)N(CC2CCC2)CC[C@]314. The number of ether oxygens (including phenoxy) is 7. The van der Waals surface area contributed by atoms with E-state index in [-0.39, 0.29) is 6.04 Å². The molecule has 0 radical (unpaired) electrons. The van der Waals surface area contributed by atoms with Crippen molar-refractivity contribution in [1.82, 2.24) is 4.90 Å². The summed E-state index contributed by atoms with van der Waals surface area (Å²) in [6.45, 7) is 7.05. The standard InChI is InChI=1S/C32H49NO9/c1-36-11-12-37-13-14-38-15-16-39-17-18-40-19-20-41-26-6-5-24-21-27-32(35)8-7-25(34)30-31(32,28(24)29(26)42-30)9-10-33(27)22-23-3-2-4-23/h5-6,23,25,27,30,34-35H,2-4,7-22H2,1H3/t25-,27?,30-,31-,32+/m0/s1. The van der Waals surface area contributed by atoms with Crippen molar-refractivity contribution in [3.63, 3.8) is 0 Å². The van der Waals surface area contributed by atoms with Crippen LogP contribution >= 0.6 is 0 Å². The van der Waals surface area contributed by atoms with E-state index in [0.717, 1.165) is 43.2 Å². The predicted octanol–water partition coefficient (Wildman–Crippen LogP) is 2.09. The van der Waals surface area contributed by atoms with Crippen LogP contribution in [0.4, 0.5) is 0 Å². The summed E-state index contributed by atoms with van der Waals surface area (Å²) in [5.41, 5.74) is 0.839. The summed E-state index contributed by atoms with van der Waals surface area (Å²) in [7, 11) is 1.65. The summed E-state index contributed by atoms with van der Waals surface area (Å²) >= 11 is 0. The van der Waals surface area contributed by atoms with E-state index in [4.69, 9.17) is 33.2 Å². The maximum atomic E-state index is 12.5. The second kappa shape index (κ2) is 13.6. The molecule has 2 saturated carbocycles. The number of likely N-dealkylation sites (tertiary alicyclic amines) is 1. The minimum Gasteiger partial charge on any atom is -0.487 e. The van der Waals surface area contributed by atoms with Crippen molar-refractivity contribution in [3.05, 3.63) is 23.3 Å². The Hall–Kier alpha value is -1.50. The van der Waals surface area contributed by atoms with E-state index in [2.05, 4.69) is 11.0 Å². The first kappa shape index (κ1) is 30.5. The molecule has 0 aromatic heterocycles. The molecule has 2 bridgehead atoms. The molecular weight excluding hydrogens is 542 g/mol. The van der Waals surface area contributed by atoms with Gasteiger partial charge in [0.25, 0.3) is 0 Å². The van der Waals surface area contributed by atoms with Gasteiger partial charge in [0.15, 0.2) is 11.5 Å². The van der Waals surface area contributed by atoms with Gasteiger partial charge in [0.05, 0.1) is 76.6 Å². The number of hydrogen-bond acceptors (Lipinski definition) is 10. The van der Waals surface area contributed by atoms with Gasteiger partial charge in [-0.3, -0.25) is 4.90 Å². The minimum atomic E-state index is -0.901. The molecule has 2 N–H and O–H groups in total. The van der Waals surface area contributed by atoms with E-state index >= 15 is 0 Å². The quantitative estimate of drug-likeness (QED) is 0.247. The lowest BCUT2D eigenvalue weighted by Gasteiger charge is -2.64. The normalized spacial score (nSPS) is 31.5. The van der Waals surface area contributed by atoms with E-state index in [0.29, 0.717) is 84.7 Å². The van der Waals surface area contributed by atoms with Crippen LogP contribution in [0.2, 0.25) is 0 Å². The van der Waals surface area contributed by atoms with Crippen molar-refractivity contribution >= 4 is 0 Å². The summed E-state index contributed by atoms with van der Waals surface area (Å²) in [4.78, 5) is 2.56. The van der Waals surface area contributed by atoms with Crippen molar-refractivity contribution < 1.29 is 43.4 Å². The maximum Gasteiger partial charge on any atom is 0.166 e. The Bertz CT molecular complexity index is 1040. The summed E-state index contributed by atoms with van der Waals surface area (Å²) in [6.07, 6.45) is 5.67. The average Bonchev–Trinajstić information content (AvgIpc) is 3.32. The van der Waals surface area contributed by atoms with Crippen LogP contribution < -0.4 is 9.47 Å². The van der Waals surface area contributed by atoms with Crippen LogP contribution in [0.25, 0.3) is 0 Å². The third kappa shape index (κ3) is 5.70. The van der Waals surface area contributed by atoms with Gasteiger partial charge in [-0.15, -0.1) is 0 Å². The first-order valence-corrected chi connectivity index (χ1v) is 16.0. The molecule has 42 heavy (non-hydrogen) atoms. The Labute approximate surface area is 249 Å². The zero-order valence-corrected chi connectivity index (χ0v) is 25.1. The lowest BCUT2D eigenvalue weighted by molar-refractivity contribution is -0.209. The molecule has 1 aromatic carbocycles. The first-order chi connectivity index (χ1) is 20.6. The van der Waals surface area contributed by atoms with Crippen LogP contribution in [-0.2, 0) is 35.5 Å². The molecule has 1 aromatic rings. The fourth-order valence-corrected chi connectivity index (χ4v) is 8.05. The number of rotatable bonds is 18. The summed E-state index contributed by atoms with van der Waals surface area (Å²) < 4.78 is 39.7. The van der Waals surface area contributed by atoms with Gasteiger partial charge in [-0.25, -0.2) is 0 Å². The topological polar surface area (TPSA) is 108 Å². The maximum absolute atomic E-state index is 12.5. The molecule has 3 aliphatic carbocycles. The van der Waals surface area contributed by atoms with Crippen LogP contribution in [0.5, 0.6) is 11.5 Å². The van der Waals surface area contributed by atoms with E-state index in [1.165, 1.54) is 24.8 Å². The Morgan fingerprint density at radius 3 is 2.19 bits per heavy atom. The number of piperidine rings is 1. The Balaban J connectivity index is 0.988. The van der Waals surface area contributed by atoms with Crippen molar-refractivity contribution in [2.24, 2.45) is 5.92 Å². The Morgan fingerprint density at radius 1 is 0.881 bits per heavy atom. The summed E-state index contributed by atoms with van der Waals surface area (Å²) in [5.74, 6) is 2.14. The molecule has 10 heteroatoms. The third-order valence-corrected chi connectivity index (χ3v) is 10.3. The predicted molar refractivity (Wildman–Crippen MR) is 154 cm³/mol. The number of nitrogens with zero attached hydrogens (tertiary/aromatic N) is 1. The van der Waals surface area contributed by atoms with Gasteiger partial charge < -0.3 is 43.4 Å². The monoisotopic (exact) mass is 591 g/mol. The fourth-order valence-electron chi connectivity index (χ4n) is 8.05. The van der Waals surface area contributed by atoms with Gasteiger partial charge in [0, 0.05) is 25.3 Å². The number of benzene rings is 1. The Morgan fingerprint density at radius 2 is 1.55 bits per heavy atom. The molecule has 2 aliphatic heterocycles. The van der Waals surface area contributed by atoms with Gasteiger partial charge in [-0.05, 0) is 62.6 Å². The molecule has 236 valence electrons. The highest BCUT2D eigenvalue weighted by atomic mass is 16.6. The lowest BCUT2D eigenvalue weighted by Crippen LogP contribution is -2.77. The zero-order chi connectivity index (χ0) is 29.0. The van der Waals surface area contributed by atoms with E-state index in [1.54, 1.807) is 7.11 Å². The first-order valence-electron chi connectivity index (χ1n) is 16.0. The summed E-state index contributed by atoms with van der Waals surface area (Å²) in [6, 6.07) is 4.22. The number of methoxy groups -OCH3 is 1. The van der Waals surface area contributed by atoms with Gasteiger partial charge in [0.2, 0.25) is 0 Å². The third-order valence-electron chi connectivity index (χ3n) is 10.3. The molecule has 2 heterocycles. The van der Waals surface area contributed by atoms with E-state index in [9.17, 15) is 10.2 Å². The van der Waals surface area contributed by atoms with Crippen molar-refractivity contribution in [2.75, 3.05) is 86.3 Å². The van der Waals surface area contributed by atoms with Crippen LogP contribution in [0.15, 0.2) is 12.1 Å². The smallest absolute Gasteiger partial charge is 0.166 e. The molecule has 6 rings (SSSR count).